The molecule has 3 N–H and O–H groups in total. The molecule has 0 fully saturated rings. The molecule has 0 saturated heterocycles. The number of ether oxygens (including phenoxy) is 3. The number of hydrazine groups is 1. The van der Waals surface area contributed by atoms with Crippen LogP contribution in [-0.4, -0.2) is 53.8 Å². The van der Waals surface area contributed by atoms with E-state index in [0.717, 1.165) is 5.56 Å². The molecule has 1 heterocycles. The summed E-state index contributed by atoms with van der Waals surface area (Å²) >= 11 is 0. The van der Waals surface area contributed by atoms with Crippen molar-refractivity contribution >= 4 is 17.8 Å². The zero-order valence-corrected chi connectivity index (χ0v) is 27.3. The van der Waals surface area contributed by atoms with E-state index in [1.807, 2.05) is 0 Å². The van der Waals surface area contributed by atoms with Gasteiger partial charge in [-0.2, -0.15) is 0 Å². The van der Waals surface area contributed by atoms with Crippen LogP contribution in [-0.2, 0) is 32.0 Å². The van der Waals surface area contributed by atoms with E-state index in [4.69, 9.17) is 29.8 Å². The van der Waals surface area contributed by atoms with Crippen LogP contribution in [0.5, 0.6) is 5.75 Å². The van der Waals surface area contributed by atoms with Gasteiger partial charge in [-0.15, -0.1) is 0 Å². The van der Waals surface area contributed by atoms with E-state index < -0.39 is 29.1 Å². The van der Waals surface area contributed by atoms with Crippen LogP contribution in [0.3, 0.4) is 0 Å². The molecule has 0 aromatic heterocycles. The van der Waals surface area contributed by atoms with Crippen molar-refractivity contribution in [3.05, 3.63) is 111 Å². The van der Waals surface area contributed by atoms with Gasteiger partial charge in [0.05, 0.1) is 13.2 Å². The summed E-state index contributed by atoms with van der Waals surface area (Å²) in [5, 5.41) is 12.8. The lowest BCUT2D eigenvalue weighted by atomic mass is 9.82. The number of aliphatic hydroxyl groups excluding tert-OH is 1. The highest BCUT2D eigenvalue weighted by Gasteiger charge is 2.54. The number of carbonyl (C=O) groups excluding carboxylic acids is 2. The number of benzene rings is 3. The Balaban J connectivity index is 1.70. The first-order chi connectivity index (χ1) is 23.0. The minimum absolute atomic E-state index is 0.00142. The van der Waals surface area contributed by atoms with Gasteiger partial charge in [0.1, 0.15) is 17.2 Å². The Morgan fingerprint density at radius 3 is 2.52 bits per heavy atom. The van der Waals surface area contributed by atoms with Gasteiger partial charge in [0.2, 0.25) is 5.90 Å². The Morgan fingerprint density at radius 1 is 1.10 bits per heavy atom. The van der Waals surface area contributed by atoms with Crippen molar-refractivity contribution in [2.45, 2.75) is 70.2 Å². The maximum absolute atomic E-state index is 14.3. The van der Waals surface area contributed by atoms with Crippen molar-refractivity contribution < 1.29 is 33.3 Å². The minimum Gasteiger partial charge on any atom is -0.494 e. The molecule has 0 unspecified atom stereocenters. The third kappa shape index (κ3) is 9.77. The summed E-state index contributed by atoms with van der Waals surface area (Å²) < 4.78 is 31.1. The largest absolute Gasteiger partial charge is 0.494 e. The summed E-state index contributed by atoms with van der Waals surface area (Å²) in [5.74, 6) is -0.634. The summed E-state index contributed by atoms with van der Waals surface area (Å²) in [4.78, 5) is 35.1. The van der Waals surface area contributed by atoms with Crippen LogP contribution in [0.15, 0.2) is 82.9 Å². The number of hydrogen-bond acceptors (Lipinski definition) is 9. The van der Waals surface area contributed by atoms with E-state index in [-0.39, 0.29) is 37.7 Å². The molecule has 1 aliphatic heterocycles. The summed E-state index contributed by atoms with van der Waals surface area (Å²) in [6, 6.07) is 20.2. The predicted molar refractivity (Wildman–Crippen MR) is 177 cm³/mol. The standard InChI is InChI=1S/C35H41FN6O6/c1-34(2,3)48-30(44)17-19-35(33(45)41-38-20-18-24-9-13-27(36)14-10-24)31(29-8-5-4-7-26(29)23-39-42-37)47-32(40-35)25-11-15-28(16-12-25)46-22-6-21-43/h4-5,7-16,31,38,43H,6,17-23H2,1-3H3,(H,41,45)/t31-,35-/m0/s1. The van der Waals surface area contributed by atoms with E-state index in [0.29, 0.717) is 48.4 Å². The normalized spacial score (nSPS) is 17.1. The molecule has 2 atom stereocenters. The summed E-state index contributed by atoms with van der Waals surface area (Å²) in [6.07, 6.45) is -0.240. The highest BCUT2D eigenvalue weighted by atomic mass is 19.1. The third-order valence-electron chi connectivity index (χ3n) is 7.46. The van der Waals surface area contributed by atoms with Crippen LogP contribution >= 0.6 is 0 Å². The average Bonchev–Trinajstić information content (AvgIpc) is 3.46. The maximum Gasteiger partial charge on any atom is 0.306 e. The molecule has 0 aliphatic carbocycles. The van der Waals surface area contributed by atoms with Crippen molar-refractivity contribution in [1.82, 2.24) is 10.9 Å². The first kappa shape index (κ1) is 35.9. The van der Waals surface area contributed by atoms with Crippen LogP contribution in [0.25, 0.3) is 10.4 Å². The van der Waals surface area contributed by atoms with Crippen LogP contribution in [0.2, 0.25) is 0 Å². The lowest BCUT2D eigenvalue weighted by Crippen LogP contribution is -2.53. The van der Waals surface area contributed by atoms with Gasteiger partial charge in [-0.05, 0) is 92.2 Å². The number of amides is 1. The molecular weight excluding hydrogens is 619 g/mol. The predicted octanol–water partition coefficient (Wildman–Crippen LogP) is 5.64. The quantitative estimate of drug-likeness (QED) is 0.0446. The smallest absolute Gasteiger partial charge is 0.306 e. The Hall–Kier alpha value is -4.97. The SMILES string of the molecule is CC(C)(C)OC(=O)CC[C@]1(C(=O)NNCCc2ccc(F)cc2)N=C(c2ccc(OCCCO)cc2)O[C@H]1c1ccccc1CN=[N+]=[N-]. The van der Waals surface area contributed by atoms with Crippen molar-refractivity contribution in [3.63, 3.8) is 0 Å². The fourth-order valence-electron chi connectivity index (χ4n) is 5.18. The van der Waals surface area contributed by atoms with Gasteiger partial charge < -0.3 is 19.3 Å². The molecule has 13 heteroatoms. The molecule has 0 radical (unpaired) electrons. The van der Waals surface area contributed by atoms with E-state index in [1.54, 1.807) is 81.4 Å². The molecule has 0 saturated carbocycles. The Bertz CT molecular complexity index is 1620. The maximum atomic E-state index is 14.3. The molecule has 0 spiro atoms. The number of halogens is 1. The van der Waals surface area contributed by atoms with Gasteiger partial charge in [0.25, 0.3) is 5.91 Å². The number of aliphatic imine (C=N–C) groups is 1. The van der Waals surface area contributed by atoms with Crippen LogP contribution in [0.4, 0.5) is 4.39 Å². The number of nitrogens with zero attached hydrogens (tertiary/aromatic N) is 4. The summed E-state index contributed by atoms with van der Waals surface area (Å²) in [5.41, 5.74) is 15.0. The molecule has 3 aromatic rings. The fourth-order valence-corrected chi connectivity index (χ4v) is 5.18. The highest BCUT2D eigenvalue weighted by molar-refractivity contribution is 6.01. The van der Waals surface area contributed by atoms with Crippen LogP contribution < -0.4 is 15.6 Å². The van der Waals surface area contributed by atoms with E-state index in [9.17, 15) is 14.0 Å². The summed E-state index contributed by atoms with van der Waals surface area (Å²) in [6.45, 7) is 5.98. The van der Waals surface area contributed by atoms with Crippen LogP contribution in [0.1, 0.15) is 68.4 Å². The number of azide groups is 1. The Morgan fingerprint density at radius 2 is 1.83 bits per heavy atom. The molecule has 254 valence electrons. The van der Waals surface area contributed by atoms with Gasteiger partial charge >= 0.3 is 5.97 Å². The number of hydrogen-bond donors (Lipinski definition) is 3. The highest BCUT2D eigenvalue weighted by Crippen LogP contribution is 2.44. The Kier molecular flexibility index (Phi) is 12.5. The Labute approximate surface area is 278 Å². The molecule has 3 aromatic carbocycles. The lowest BCUT2D eigenvalue weighted by Gasteiger charge is -2.31. The fraction of sp³-hybridized carbons (Fsp3) is 0.400. The van der Waals surface area contributed by atoms with Crippen LogP contribution in [0, 0.1) is 5.82 Å². The van der Waals surface area contributed by atoms with Crippen molar-refractivity contribution in [2.24, 2.45) is 10.1 Å². The van der Waals surface area contributed by atoms with Gasteiger partial charge in [-0.3, -0.25) is 15.0 Å². The molecule has 4 rings (SSSR count). The number of esters is 1. The van der Waals surface area contributed by atoms with Crippen molar-refractivity contribution in [1.29, 1.82) is 0 Å². The summed E-state index contributed by atoms with van der Waals surface area (Å²) in [7, 11) is 0. The number of nitrogens with one attached hydrogen (secondary N) is 2. The van der Waals surface area contributed by atoms with E-state index in [1.165, 1.54) is 12.1 Å². The van der Waals surface area contributed by atoms with Gasteiger partial charge in [-0.25, -0.2) is 14.8 Å². The minimum atomic E-state index is -1.65. The van der Waals surface area contributed by atoms with Gasteiger partial charge in [0, 0.05) is 36.5 Å². The number of rotatable bonds is 16. The van der Waals surface area contributed by atoms with Gasteiger partial charge in [0.15, 0.2) is 11.6 Å². The first-order valence-corrected chi connectivity index (χ1v) is 15.7. The third-order valence-corrected chi connectivity index (χ3v) is 7.46. The van der Waals surface area contributed by atoms with Gasteiger partial charge in [-0.1, -0.05) is 41.5 Å². The number of carbonyl (C=O) groups is 2. The molecule has 1 aliphatic rings. The lowest BCUT2D eigenvalue weighted by molar-refractivity contribution is -0.155. The zero-order chi connectivity index (χ0) is 34.6. The molecule has 1 amide bonds. The molecule has 12 nitrogen and oxygen atoms in total. The van der Waals surface area contributed by atoms with Crippen molar-refractivity contribution in [2.75, 3.05) is 19.8 Å². The first-order valence-electron chi connectivity index (χ1n) is 15.7. The second-order valence-corrected chi connectivity index (χ2v) is 12.2. The second kappa shape index (κ2) is 16.7. The monoisotopic (exact) mass is 660 g/mol. The zero-order valence-electron chi connectivity index (χ0n) is 27.3. The second-order valence-electron chi connectivity index (χ2n) is 12.2. The topological polar surface area (TPSA) is 167 Å². The number of aliphatic hydroxyl groups is 1. The molecule has 0 bridgehead atoms. The molecular formula is C35H41FN6O6. The molecule has 48 heavy (non-hydrogen) atoms. The van der Waals surface area contributed by atoms with E-state index >= 15 is 0 Å². The average molecular weight is 661 g/mol. The van der Waals surface area contributed by atoms with E-state index in [2.05, 4.69) is 20.9 Å². The van der Waals surface area contributed by atoms with Crippen molar-refractivity contribution in [3.8, 4) is 5.75 Å².